The lowest BCUT2D eigenvalue weighted by Crippen LogP contribution is -2.37. The van der Waals surface area contributed by atoms with Gasteiger partial charge in [0.2, 0.25) is 5.91 Å². The van der Waals surface area contributed by atoms with E-state index in [2.05, 4.69) is 10.6 Å². The summed E-state index contributed by atoms with van der Waals surface area (Å²) in [5, 5.41) is 6.87. The molecule has 5 heteroatoms. The predicted molar refractivity (Wildman–Crippen MR) is 71.4 cm³/mol. The lowest BCUT2D eigenvalue weighted by Gasteiger charge is -2.10. The summed E-state index contributed by atoms with van der Waals surface area (Å²) < 4.78 is 0. The fraction of sp³-hybridized carbons (Fsp3) is 0.417. The van der Waals surface area contributed by atoms with Crippen LogP contribution in [0.5, 0.6) is 0 Å². The lowest BCUT2D eigenvalue weighted by atomic mass is 10.2. The summed E-state index contributed by atoms with van der Waals surface area (Å²) in [7, 11) is 0. The van der Waals surface area contributed by atoms with Crippen LogP contribution in [0.25, 0.3) is 0 Å². The maximum absolute atomic E-state index is 11.4. The van der Waals surface area contributed by atoms with Gasteiger partial charge in [-0.05, 0) is 25.5 Å². The van der Waals surface area contributed by atoms with E-state index >= 15 is 0 Å². The molecule has 1 amide bonds. The van der Waals surface area contributed by atoms with Crippen molar-refractivity contribution >= 4 is 29.1 Å². The largest absolute Gasteiger partial charge is 0.353 e. The minimum atomic E-state index is -0.0295. The van der Waals surface area contributed by atoms with Crippen molar-refractivity contribution in [2.45, 2.75) is 26.4 Å². The maximum atomic E-state index is 11.4. The van der Waals surface area contributed by atoms with Crippen LogP contribution >= 0.6 is 23.2 Å². The van der Waals surface area contributed by atoms with Crippen LogP contribution in [0.15, 0.2) is 18.2 Å². The number of nitrogens with one attached hydrogen (secondary N) is 2. The van der Waals surface area contributed by atoms with E-state index in [0.717, 1.165) is 5.56 Å². The maximum Gasteiger partial charge on any atom is 0.234 e. The van der Waals surface area contributed by atoms with Gasteiger partial charge in [-0.1, -0.05) is 35.3 Å². The van der Waals surface area contributed by atoms with Crippen LogP contribution in [-0.4, -0.2) is 18.5 Å². The van der Waals surface area contributed by atoms with Gasteiger partial charge < -0.3 is 10.6 Å². The van der Waals surface area contributed by atoms with Gasteiger partial charge in [-0.3, -0.25) is 4.79 Å². The molecular formula is C12H16Cl2N2O. The predicted octanol–water partition coefficient (Wildman–Crippen LogP) is 2.61. The Labute approximate surface area is 111 Å². The highest BCUT2D eigenvalue weighted by Crippen LogP contribution is 2.25. The van der Waals surface area contributed by atoms with Crippen molar-refractivity contribution in [2.24, 2.45) is 0 Å². The highest BCUT2D eigenvalue weighted by Gasteiger charge is 2.05. The number of rotatable bonds is 5. The van der Waals surface area contributed by atoms with E-state index in [1.807, 2.05) is 26.0 Å². The molecule has 0 saturated heterocycles. The molecule has 0 saturated carbocycles. The molecule has 0 radical (unpaired) electrons. The highest BCUT2D eigenvalue weighted by atomic mass is 35.5. The van der Waals surface area contributed by atoms with Gasteiger partial charge >= 0.3 is 0 Å². The molecule has 0 aliphatic carbocycles. The van der Waals surface area contributed by atoms with Crippen LogP contribution in [0.3, 0.4) is 0 Å². The molecule has 1 aromatic rings. The third kappa shape index (κ3) is 4.94. The Kier molecular flexibility index (Phi) is 5.75. The fourth-order valence-corrected chi connectivity index (χ4v) is 1.76. The van der Waals surface area contributed by atoms with Crippen molar-refractivity contribution in [3.63, 3.8) is 0 Å². The van der Waals surface area contributed by atoms with Crippen molar-refractivity contribution < 1.29 is 4.79 Å². The van der Waals surface area contributed by atoms with Gasteiger partial charge in [0, 0.05) is 12.6 Å². The van der Waals surface area contributed by atoms with Gasteiger partial charge in [-0.25, -0.2) is 0 Å². The monoisotopic (exact) mass is 274 g/mol. The number of benzene rings is 1. The summed E-state index contributed by atoms with van der Waals surface area (Å²) in [4.78, 5) is 11.4. The minimum Gasteiger partial charge on any atom is -0.353 e. The normalized spacial score (nSPS) is 10.6. The number of amides is 1. The van der Waals surface area contributed by atoms with Gasteiger partial charge in [-0.15, -0.1) is 0 Å². The fourth-order valence-electron chi connectivity index (χ4n) is 1.37. The Morgan fingerprint density at radius 2 is 2.06 bits per heavy atom. The number of halogens is 2. The van der Waals surface area contributed by atoms with E-state index in [9.17, 15) is 4.79 Å². The summed E-state index contributed by atoms with van der Waals surface area (Å²) in [5.41, 5.74) is 0.886. The van der Waals surface area contributed by atoms with Crippen LogP contribution in [-0.2, 0) is 11.3 Å². The zero-order valence-corrected chi connectivity index (χ0v) is 11.4. The van der Waals surface area contributed by atoms with Gasteiger partial charge in [-0.2, -0.15) is 0 Å². The standard InChI is InChI=1S/C12H16Cl2N2O/c1-8(2)16-11(17)7-15-6-9-4-3-5-10(13)12(9)14/h3-5,8,15H,6-7H2,1-2H3,(H,16,17). The molecule has 0 spiro atoms. The second-order valence-corrected chi connectivity index (χ2v) is 4.82. The van der Waals surface area contributed by atoms with Gasteiger partial charge in [0.25, 0.3) is 0 Å². The number of hydrogen-bond acceptors (Lipinski definition) is 2. The Morgan fingerprint density at radius 3 is 2.71 bits per heavy atom. The molecule has 94 valence electrons. The van der Waals surface area contributed by atoms with Crippen LogP contribution in [0.2, 0.25) is 10.0 Å². The summed E-state index contributed by atoms with van der Waals surface area (Å²) >= 11 is 11.9. The Morgan fingerprint density at radius 1 is 1.35 bits per heavy atom. The first kappa shape index (κ1) is 14.3. The van der Waals surface area contributed by atoms with Crippen LogP contribution in [0.1, 0.15) is 19.4 Å². The van der Waals surface area contributed by atoms with Crippen LogP contribution < -0.4 is 10.6 Å². The second-order valence-electron chi connectivity index (χ2n) is 4.04. The molecule has 0 aromatic heterocycles. The Bertz CT molecular complexity index is 394. The van der Waals surface area contributed by atoms with E-state index < -0.39 is 0 Å². The zero-order valence-electron chi connectivity index (χ0n) is 9.89. The van der Waals surface area contributed by atoms with Crippen LogP contribution in [0.4, 0.5) is 0 Å². The molecule has 0 heterocycles. The van der Waals surface area contributed by atoms with E-state index in [1.165, 1.54) is 0 Å². The SMILES string of the molecule is CC(C)NC(=O)CNCc1cccc(Cl)c1Cl. The van der Waals surface area contributed by atoms with Crippen molar-refractivity contribution in [1.82, 2.24) is 10.6 Å². The highest BCUT2D eigenvalue weighted by molar-refractivity contribution is 6.42. The first-order valence-electron chi connectivity index (χ1n) is 5.43. The average molecular weight is 275 g/mol. The van der Waals surface area contributed by atoms with E-state index in [4.69, 9.17) is 23.2 Å². The molecule has 1 aromatic carbocycles. The van der Waals surface area contributed by atoms with Crippen molar-refractivity contribution in [3.05, 3.63) is 33.8 Å². The summed E-state index contributed by atoms with van der Waals surface area (Å²) in [6.45, 7) is 4.63. The van der Waals surface area contributed by atoms with E-state index in [1.54, 1.807) is 6.07 Å². The Hall–Kier alpha value is -0.770. The second kappa shape index (κ2) is 6.84. The number of carbonyl (C=O) groups is 1. The molecule has 0 fully saturated rings. The van der Waals surface area contributed by atoms with Crippen LogP contribution in [0, 0.1) is 0 Å². The lowest BCUT2D eigenvalue weighted by molar-refractivity contribution is -0.120. The number of carbonyl (C=O) groups excluding carboxylic acids is 1. The molecule has 3 nitrogen and oxygen atoms in total. The van der Waals surface area contributed by atoms with E-state index in [0.29, 0.717) is 16.6 Å². The van der Waals surface area contributed by atoms with Gasteiger partial charge in [0.1, 0.15) is 0 Å². The third-order valence-electron chi connectivity index (χ3n) is 2.08. The molecule has 0 aliphatic heterocycles. The molecule has 0 aliphatic rings. The van der Waals surface area contributed by atoms with Gasteiger partial charge in [0.15, 0.2) is 0 Å². The van der Waals surface area contributed by atoms with Crippen molar-refractivity contribution in [2.75, 3.05) is 6.54 Å². The molecule has 2 N–H and O–H groups in total. The van der Waals surface area contributed by atoms with E-state index in [-0.39, 0.29) is 18.5 Å². The Balaban J connectivity index is 2.41. The smallest absolute Gasteiger partial charge is 0.234 e. The number of hydrogen-bond donors (Lipinski definition) is 2. The molecule has 0 atom stereocenters. The quantitative estimate of drug-likeness (QED) is 0.867. The van der Waals surface area contributed by atoms with Crippen molar-refractivity contribution in [3.8, 4) is 0 Å². The van der Waals surface area contributed by atoms with Gasteiger partial charge in [0.05, 0.1) is 16.6 Å². The molecule has 0 unspecified atom stereocenters. The third-order valence-corrected chi connectivity index (χ3v) is 2.94. The first-order valence-corrected chi connectivity index (χ1v) is 6.19. The topological polar surface area (TPSA) is 41.1 Å². The summed E-state index contributed by atoms with van der Waals surface area (Å²) in [5.74, 6) is -0.0295. The molecule has 1 rings (SSSR count). The summed E-state index contributed by atoms with van der Waals surface area (Å²) in [6, 6.07) is 5.60. The van der Waals surface area contributed by atoms with Crippen molar-refractivity contribution in [1.29, 1.82) is 0 Å². The zero-order chi connectivity index (χ0) is 12.8. The molecule has 0 bridgehead atoms. The summed E-state index contributed by atoms with van der Waals surface area (Å²) in [6.07, 6.45) is 0. The molecule has 17 heavy (non-hydrogen) atoms. The average Bonchev–Trinajstić information content (AvgIpc) is 2.23. The molecular weight excluding hydrogens is 259 g/mol. The first-order chi connectivity index (χ1) is 8.00. The minimum absolute atomic E-state index is 0.0295.